The van der Waals surface area contributed by atoms with Crippen LogP contribution in [-0.4, -0.2) is 42.7 Å². The van der Waals surface area contributed by atoms with Crippen molar-refractivity contribution in [2.45, 2.75) is 24.7 Å². The number of carbonyl (C=O) groups is 2. The zero-order valence-electron chi connectivity index (χ0n) is 12.3. The van der Waals surface area contributed by atoms with E-state index in [1.807, 2.05) is 31.2 Å². The van der Waals surface area contributed by atoms with E-state index < -0.39 is 0 Å². The van der Waals surface area contributed by atoms with E-state index in [1.54, 1.807) is 16.7 Å². The summed E-state index contributed by atoms with van der Waals surface area (Å²) in [6, 6.07) is 7.54. The van der Waals surface area contributed by atoms with Crippen LogP contribution >= 0.6 is 23.4 Å². The Bertz CT molecular complexity index is 464. The summed E-state index contributed by atoms with van der Waals surface area (Å²) < 4.78 is 4.58. The molecule has 0 unspecified atom stereocenters. The molecule has 0 bridgehead atoms. The van der Waals surface area contributed by atoms with Crippen molar-refractivity contribution >= 4 is 35.2 Å². The number of halogens is 1. The molecule has 0 radical (unpaired) electrons. The highest BCUT2D eigenvalue weighted by atomic mass is 35.5. The van der Waals surface area contributed by atoms with Gasteiger partial charge in [0, 0.05) is 35.2 Å². The third kappa shape index (κ3) is 6.87. The van der Waals surface area contributed by atoms with E-state index in [-0.39, 0.29) is 18.3 Å². The molecule has 0 N–H and O–H groups in total. The second-order valence-electron chi connectivity index (χ2n) is 4.35. The topological polar surface area (TPSA) is 46.6 Å². The molecule has 1 aromatic carbocycles. The van der Waals surface area contributed by atoms with E-state index >= 15 is 0 Å². The van der Waals surface area contributed by atoms with E-state index in [4.69, 9.17) is 11.6 Å². The maximum Gasteiger partial charge on any atom is 0.307 e. The second-order valence-corrected chi connectivity index (χ2v) is 5.96. The van der Waals surface area contributed by atoms with Crippen LogP contribution in [0.4, 0.5) is 0 Å². The molecule has 0 spiro atoms. The number of benzene rings is 1. The Morgan fingerprint density at radius 2 is 1.90 bits per heavy atom. The normalized spacial score (nSPS) is 10.2. The number of rotatable bonds is 8. The zero-order valence-corrected chi connectivity index (χ0v) is 13.9. The molecule has 116 valence electrons. The van der Waals surface area contributed by atoms with Crippen LogP contribution in [0.25, 0.3) is 0 Å². The Morgan fingerprint density at radius 3 is 2.48 bits per heavy atom. The van der Waals surface area contributed by atoms with Gasteiger partial charge in [0.15, 0.2) is 0 Å². The average molecular weight is 330 g/mol. The van der Waals surface area contributed by atoms with Gasteiger partial charge in [-0.2, -0.15) is 0 Å². The number of hydrogen-bond donors (Lipinski definition) is 0. The van der Waals surface area contributed by atoms with Gasteiger partial charge >= 0.3 is 5.97 Å². The quantitative estimate of drug-likeness (QED) is 0.542. The summed E-state index contributed by atoms with van der Waals surface area (Å²) in [6.07, 6.45) is 0.683. The van der Waals surface area contributed by atoms with Gasteiger partial charge in [-0.25, -0.2) is 0 Å². The molecule has 1 rings (SSSR count). The molecule has 4 nitrogen and oxygen atoms in total. The lowest BCUT2D eigenvalue weighted by Crippen LogP contribution is -2.33. The summed E-state index contributed by atoms with van der Waals surface area (Å²) in [5, 5.41) is 0.704. The van der Waals surface area contributed by atoms with Crippen LogP contribution < -0.4 is 0 Å². The van der Waals surface area contributed by atoms with E-state index in [9.17, 15) is 9.59 Å². The summed E-state index contributed by atoms with van der Waals surface area (Å²) in [5.74, 6) is 0.467. The Hall–Kier alpha value is -1.20. The highest BCUT2D eigenvalue weighted by Crippen LogP contribution is 2.21. The minimum atomic E-state index is -0.295. The van der Waals surface area contributed by atoms with Crippen molar-refractivity contribution in [2.75, 3.05) is 26.0 Å². The summed E-state index contributed by atoms with van der Waals surface area (Å²) >= 11 is 7.44. The summed E-state index contributed by atoms with van der Waals surface area (Å²) in [7, 11) is 1.35. The van der Waals surface area contributed by atoms with Gasteiger partial charge < -0.3 is 9.64 Å². The van der Waals surface area contributed by atoms with Crippen LogP contribution in [0, 0.1) is 0 Å². The molecule has 0 atom stereocenters. The fourth-order valence-corrected chi connectivity index (χ4v) is 2.70. The molecular weight excluding hydrogens is 310 g/mol. The van der Waals surface area contributed by atoms with Crippen LogP contribution in [0.3, 0.4) is 0 Å². The first kappa shape index (κ1) is 17.9. The molecule has 1 aromatic rings. The van der Waals surface area contributed by atoms with Gasteiger partial charge in [0.1, 0.15) is 0 Å². The predicted octanol–water partition coefficient (Wildman–Crippen LogP) is 3.23. The highest BCUT2D eigenvalue weighted by molar-refractivity contribution is 7.99. The van der Waals surface area contributed by atoms with Gasteiger partial charge in [0.25, 0.3) is 0 Å². The number of ether oxygens (including phenoxy) is 1. The Morgan fingerprint density at radius 1 is 1.24 bits per heavy atom. The molecular formula is C15H20ClNO3S. The molecule has 1 amide bonds. The molecule has 0 aromatic heterocycles. The minimum absolute atomic E-state index is 0.0582. The fourth-order valence-electron chi connectivity index (χ4n) is 1.73. The standard InChI is InChI=1S/C15H20ClNO3S/c1-3-17(10-8-15(19)20-2)14(18)9-11-21-13-6-4-12(16)5-7-13/h4-7H,3,8-11H2,1-2H3. The molecule has 0 saturated carbocycles. The molecule has 0 saturated heterocycles. The van der Waals surface area contributed by atoms with Crippen LogP contribution in [0.2, 0.25) is 5.02 Å². The van der Waals surface area contributed by atoms with Crippen molar-refractivity contribution in [3.8, 4) is 0 Å². The Balaban J connectivity index is 2.33. The molecule has 21 heavy (non-hydrogen) atoms. The first-order chi connectivity index (χ1) is 10.1. The predicted molar refractivity (Wildman–Crippen MR) is 85.7 cm³/mol. The lowest BCUT2D eigenvalue weighted by molar-refractivity contribution is -0.141. The molecule has 0 aliphatic carbocycles. The van der Waals surface area contributed by atoms with E-state index in [1.165, 1.54) is 7.11 Å². The number of hydrogen-bond acceptors (Lipinski definition) is 4. The van der Waals surface area contributed by atoms with Gasteiger partial charge in [-0.05, 0) is 31.2 Å². The number of methoxy groups -OCH3 is 1. The number of nitrogens with zero attached hydrogens (tertiary/aromatic N) is 1. The fraction of sp³-hybridized carbons (Fsp3) is 0.467. The summed E-state index contributed by atoms with van der Waals surface area (Å²) in [5.41, 5.74) is 0. The number of thioether (sulfide) groups is 1. The lowest BCUT2D eigenvalue weighted by Gasteiger charge is -2.20. The van der Waals surface area contributed by atoms with Gasteiger partial charge in [-0.15, -0.1) is 11.8 Å². The lowest BCUT2D eigenvalue weighted by atomic mass is 10.3. The van der Waals surface area contributed by atoms with Gasteiger partial charge in [0.05, 0.1) is 13.5 Å². The zero-order chi connectivity index (χ0) is 15.7. The maximum atomic E-state index is 12.1. The van der Waals surface area contributed by atoms with Gasteiger partial charge in [0.2, 0.25) is 5.91 Å². The molecule has 0 fully saturated rings. The summed E-state index contributed by atoms with van der Waals surface area (Å²) in [4.78, 5) is 25.9. The van der Waals surface area contributed by atoms with Crippen molar-refractivity contribution in [1.82, 2.24) is 4.90 Å². The first-order valence-corrected chi connectivity index (χ1v) is 8.16. The molecule has 0 aliphatic rings. The van der Waals surface area contributed by atoms with E-state index in [0.717, 1.165) is 4.90 Å². The first-order valence-electron chi connectivity index (χ1n) is 6.79. The molecule has 0 heterocycles. The van der Waals surface area contributed by atoms with Gasteiger partial charge in [-0.1, -0.05) is 11.6 Å². The van der Waals surface area contributed by atoms with Crippen LogP contribution in [0.5, 0.6) is 0 Å². The SMILES string of the molecule is CCN(CCC(=O)OC)C(=O)CCSc1ccc(Cl)cc1. The average Bonchev–Trinajstić information content (AvgIpc) is 2.49. The third-order valence-corrected chi connectivity index (χ3v) is 4.21. The van der Waals surface area contributed by atoms with Crippen LogP contribution in [-0.2, 0) is 14.3 Å². The Kier molecular flexibility index (Phi) is 8.23. The summed E-state index contributed by atoms with van der Waals surface area (Å²) in [6.45, 7) is 2.91. The second kappa shape index (κ2) is 9.68. The third-order valence-electron chi connectivity index (χ3n) is 2.95. The van der Waals surface area contributed by atoms with Crippen molar-refractivity contribution in [3.05, 3.63) is 29.3 Å². The number of amides is 1. The monoisotopic (exact) mass is 329 g/mol. The van der Waals surface area contributed by atoms with Crippen molar-refractivity contribution in [2.24, 2.45) is 0 Å². The van der Waals surface area contributed by atoms with Crippen molar-refractivity contribution in [3.63, 3.8) is 0 Å². The van der Waals surface area contributed by atoms with Crippen molar-refractivity contribution < 1.29 is 14.3 Å². The van der Waals surface area contributed by atoms with Crippen molar-refractivity contribution in [1.29, 1.82) is 0 Å². The molecule has 6 heteroatoms. The minimum Gasteiger partial charge on any atom is -0.469 e. The van der Waals surface area contributed by atoms with E-state index in [2.05, 4.69) is 4.74 Å². The maximum absolute atomic E-state index is 12.1. The number of carbonyl (C=O) groups excluding carboxylic acids is 2. The van der Waals surface area contributed by atoms with E-state index in [0.29, 0.717) is 30.3 Å². The smallest absolute Gasteiger partial charge is 0.307 e. The van der Waals surface area contributed by atoms with Crippen LogP contribution in [0.1, 0.15) is 19.8 Å². The molecule has 0 aliphatic heterocycles. The number of esters is 1. The van der Waals surface area contributed by atoms with Gasteiger partial charge in [-0.3, -0.25) is 9.59 Å². The van der Waals surface area contributed by atoms with Crippen LogP contribution in [0.15, 0.2) is 29.2 Å². The highest BCUT2D eigenvalue weighted by Gasteiger charge is 2.13. The Labute approximate surface area is 134 Å². The largest absolute Gasteiger partial charge is 0.469 e.